The Kier molecular flexibility index (Phi) is 2.78. The summed E-state index contributed by atoms with van der Waals surface area (Å²) in [5.74, 6) is 0.460. The van der Waals surface area contributed by atoms with E-state index >= 15 is 0 Å². The van der Waals surface area contributed by atoms with Crippen LogP contribution >= 0.6 is 15.9 Å². The standard InChI is InChI=1S/C13H13BrN2O2/c14-12-8-4-2-1-3-7(8)5-9(13(12)17)10-6-11(15)18-16-10/h5-6,17H,1-4,15H2. The first-order valence-corrected chi connectivity index (χ1v) is 6.72. The number of phenols is 1. The molecule has 3 N–H and O–H groups in total. The highest BCUT2D eigenvalue weighted by Crippen LogP contribution is 2.42. The predicted molar refractivity (Wildman–Crippen MR) is 72.4 cm³/mol. The Morgan fingerprint density at radius 2 is 2.06 bits per heavy atom. The summed E-state index contributed by atoms with van der Waals surface area (Å²) in [6.45, 7) is 0. The van der Waals surface area contributed by atoms with Gasteiger partial charge < -0.3 is 15.4 Å². The van der Waals surface area contributed by atoms with Gasteiger partial charge in [-0.2, -0.15) is 0 Å². The Bertz CT molecular complexity index is 607. The number of hydrogen-bond donors (Lipinski definition) is 2. The van der Waals surface area contributed by atoms with Crippen LogP contribution in [0.2, 0.25) is 0 Å². The van der Waals surface area contributed by atoms with E-state index in [0.29, 0.717) is 11.3 Å². The quantitative estimate of drug-likeness (QED) is 0.848. The zero-order valence-corrected chi connectivity index (χ0v) is 11.3. The van der Waals surface area contributed by atoms with Gasteiger partial charge in [-0.3, -0.25) is 0 Å². The van der Waals surface area contributed by atoms with Crippen LogP contribution in [0.25, 0.3) is 11.3 Å². The molecule has 0 saturated heterocycles. The van der Waals surface area contributed by atoms with E-state index in [-0.39, 0.29) is 11.6 Å². The molecule has 1 aromatic heterocycles. The summed E-state index contributed by atoms with van der Waals surface area (Å²) < 4.78 is 5.63. The zero-order valence-electron chi connectivity index (χ0n) is 9.74. The number of nitrogens with zero attached hydrogens (tertiary/aromatic N) is 1. The molecule has 0 bridgehead atoms. The fourth-order valence-electron chi connectivity index (χ4n) is 2.45. The average Bonchev–Trinajstić information content (AvgIpc) is 2.80. The number of phenolic OH excluding ortho intramolecular Hbond substituents is 1. The molecule has 1 aliphatic rings. The first-order chi connectivity index (χ1) is 8.66. The lowest BCUT2D eigenvalue weighted by Gasteiger charge is -2.19. The van der Waals surface area contributed by atoms with Crippen LogP contribution in [-0.4, -0.2) is 10.3 Å². The van der Waals surface area contributed by atoms with Gasteiger partial charge in [0, 0.05) is 11.6 Å². The fourth-order valence-corrected chi connectivity index (χ4v) is 3.12. The van der Waals surface area contributed by atoms with Crippen molar-refractivity contribution in [3.63, 3.8) is 0 Å². The van der Waals surface area contributed by atoms with Gasteiger partial charge in [0.15, 0.2) is 0 Å². The Morgan fingerprint density at radius 1 is 1.28 bits per heavy atom. The van der Waals surface area contributed by atoms with Gasteiger partial charge in [0.2, 0.25) is 5.88 Å². The maximum absolute atomic E-state index is 10.2. The molecular formula is C13H13BrN2O2. The van der Waals surface area contributed by atoms with Crippen molar-refractivity contribution in [2.24, 2.45) is 0 Å². The van der Waals surface area contributed by atoms with E-state index < -0.39 is 0 Å². The summed E-state index contributed by atoms with van der Waals surface area (Å²) in [6, 6.07) is 3.61. The molecule has 3 rings (SSSR count). The van der Waals surface area contributed by atoms with Gasteiger partial charge in [0.1, 0.15) is 11.4 Å². The van der Waals surface area contributed by atoms with Gasteiger partial charge in [0.05, 0.1) is 4.47 Å². The number of aromatic hydroxyl groups is 1. The maximum Gasteiger partial charge on any atom is 0.222 e. The third kappa shape index (κ3) is 1.79. The topological polar surface area (TPSA) is 72.3 Å². The van der Waals surface area contributed by atoms with Crippen molar-refractivity contribution in [3.8, 4) is 17.0 Å². The second kappa shape index (κ2) is 4.31. The van der Waals surface area contributed by atoms with Crippen molar-refractivity contribution in [1.29, 1.82) is 0 Å². The van der Waals surface area contributed by atoms with Crippen LogP contribution in [0.15, 0.2) is 21.1 Å². The van der Waals surface area contributed by atoms with Gasteiger partial charge in [-0.05, 0) is 58.8 Å². The van der Waals surface area contributed by atoms with Crippen molar-refractivity contribution in [3.05, 3.63) is 27.7 Å². The molecule has 0 aliphatic heterocycles. The summed E-state index contributed by atoms with van der Waals surface area (Å²) in [6.07, 6.45) is 4.39. The van der Waals surface area contributed by atoms with Crippen LogP contribution in [0.1, 0.15) is 24.0 Å². The van der Waals surface area contributed by atoms with Crippen molar-refractivity contribution in [2.45, 2.75) is 25.7 Å². The molecular weight excluding hydrogens is 296 g/mol. The number of nitrogens with two attached hydrogens (primary N) is 1. The Morgan fingerprint density at radius 3 is 2.78 bits per heavy atom. The summed E-state index contributed by atoms with van der Waals surface area (Å²) in [5.41, 5.74) is 9.23. The van der Waals surface area contributed by atoms with Crippen molar-refractivity contribution in [1.82, 2.24) is 5.16 Å². The fraction of sp³-hybridized carbons (Fsp3) is 0.308. The Hall–Kier alpha value is -1.49. The summed E-state index contributed by atoms with van der Waals surface area (Å²) in [7, 11) is 0. The lowest BCUT2D eigenvalue weighted by molar-refractivity contribution is 0.437. The molecule has 1 heterocycles. The first kappa shape index (κ1) is 11.6. The number of anilines is 1. The molecule has 18 heavy (non-hydrogen) atoms. The first-order valence-electron chi connectivity index (χ1n) is 5.92. The van der Waals surface area contributed by atoms with Gasteiger partial charge in [-0.15, -0.1) is 0 Å². The minimum Gasteiger partial charge on any atom is -0.506 e. The third-order valence-corrected chi connectivity index (χ3v) is 4.22. The van der Waals surface area contributed by atoms with Gasteiger partial charge in [0.25, 0.3) is 0 Å². The van der Waals surface area contributed by atoms with Crippen molar-refractivity contribution in [2.75, 3.05) is 5.73 Å². The van der Waals surface area contributed by atoms with Crippen LogP contribution in [0.4, 0.5) is 5.88 Å². The van der Waals surface area contributed by atoms with E-state index in [1.54, 1.807) is 6.07 Å². The van der Waals surface area contributed by atoms with E-state index in [1.807, 2.05) is 6.07 Å². The molecule has 0 amide bonds. The van der Waals surface area contributed by atoms with E-state index in [4.69, 9.17) is 10.3 Å². The smallest absolute Gasteiger partial charge is 0.222 e. The highest BCUT2D eigenvalue weighted by atomic mass is 79.9. The Balaban J connectivity index is 2.18. The number of hydrogen-bond acceptors (Lipinski definition) is 4. The number of halogens is 1. The monoisotopic (exact) mass is 308 g/mol. The number of rotatable bonds is 1. The minimum absolute atomic E-state index is 0.212. The number of aryl methyl sites for hydroxylation is 1. The minimum atomic E-state index is 0.212. The maximum atomic E-state index is 10.2. The van der Waals surface area contributed by atoms with Crippen LogP contribution < -0.4 is 5.73 Å². The van der Waals surface area contributed by atoms with Gasteiger partial charge in [-0.1, -0.05) is 5.16 Å². The molecule has 2 aromatic rings. The average molecular weight is 309 g/mol. The predicted octanol–water partition coefficient (Wildman–Crippen LogP) is 3.27. The second-order valence-corrected chi connectivity index (χ2v) is 5.34. The molecule has 94 valence electrons. The molecule has 0 radical (unpaired) electrons. The highest BCUT2D eigenvalue weighted by molar-refractivity contribution is 9.10. The molecule has 0 fully saturated rings. The number of fused-ring (bicyclic) bond motifs is 1. The highest BCUT2D eigenvalue weighted by Gasteiger charge is 2.20. The van der Waals surface area contributed by atoms with E-state index in [2.05, 4.69) is 21.1 Å². The third-order valence-electron chi connectivity index (χ3n) is 3.36. The Labute approximate surface area is 113 Å². The van der Waals surface area contributed by atoms with Gasteiger partial charge in [-0.25, -0.2) is 0 Å². The normalized spacial score (nSPS) is 14.5. The summed E-state index contributed by atoms with van der Waals surface area (Å²) >= 11 is 3.48. The lowest BCUT2D eigenvalue weighted by atomic mass is 9.89. The van der Waals surface area contributed by atoms with Crippen LogP contribution in [0.5, 0.6) is 5.75 Å². The number of benzene rings is 1. The number of aromatic nitrogens is 1. The van der Waals surface area contributed by atoms with Crippen LogP contribution in [0, 0.1) is 0 Å². The molecule has 4 nitrogen and oxygen atoms in total. The van der Waals surface area contributed by atoms with Crippen LogP contribution in [0.3, 0.4) is 0 Å². The van der Waals surface area contributed by atoms with E-state index in [0.717, 1.165) is 17.3 Å². The van der Waals surface area contributed by atoms with Crippen LogP contribution in [-0.2, 0) is 12.8 Å². The molecule has 0 saturated carbocycles. The largest absolute Gasteiger partial charge is 0.506 e. The second-order valence-electron chi connectivity index (χ2n) is 4.55. The van der Waals surface area contributed by atoms with E-state index in [9.17, 15) is 5.11 Å². The van der Waals surface area contributed by atoms with Gasteiger partial charge >= 0.3 is 0 Å². The molecule has 0 unspecified atom stereocenters. The molecule has 0 spiro atoms. The van der Waals surface area contributed by atoms with Crippen molar-refractivity contribution < 1.29 is 9.63 Å². The summed E-state index contributed by atoms with van der Waals surface area (Å²) in [4.78, 5) is 0. The zero-order chi connectivity index (χ0) is 12.7. The molecule has 5 heteroatoms. The van der Waals surface area contributed by atoms with E-state index in [1.165, 1.54) is 24.0 Å². The summed E-state index contributed by atoms with van der Waals surface area (Å²) in [5, 5.41) is 14.1. The SMILES string of the molecule is Nc1cc(-c2cc3c(c(Br)c2O)CCCC3)no1. The molecule has 0 atom stereocenters. The molecule has 1 aromatic carbocycles. The van der Waals surface area contributed by atoms with Crippen molar-refractivity contribution >= 4 is 21.8 Å². The molecule has 1 aliphatic carbocycles. The lowest BCUT2D eigenvalue weighted by Crippen LogP contribution is -2.04. The number of nitrogen functional groups attached to an aromatic ring is 1.